The van der Waals surface area contributed by atoms with E-state index < -0.39 is 18.1 Å². The Hall–Kier alpha value is -2.68. The van der Waals surface area contributed by atoms with Gasteiger partial charge in [0.05, 0.1) is 18.2 Å². The molecule has 0 aromatic carbocycles. The Bertz CT molecular complexity index is 982. The molecule has 10 heteroatoms. The molecule has 6 nitrogen and oxygen atoms in total. The SMILES string of the molecule is O=C1NC(=C=S)N(Cc2ccncc2[C@@H]2C[C@H](C(F)(F)F)CCN2)c2cc[nH]c21. The van der Waals surface area contributed by atoms with E-state index in [4.69, 9.17) is 12.2 Å². The molecule has 1 amide bonds. The van der Waals surface area contributed by atoms with Crippen molar-refractivity contribution in [3.05, 3.63) is 53.4 Å². The highest BCUT2D eigenvalue weighted by Crippen LogP contribution is 2.39. The van der Waals surface area contributed by atoms with Crippen LogP contribution in [0.3, 0.4) is 0 Å². The summed E-state index contributed by atoms with van der Waals surface area (Å²) in [4.78, 5) is 21.0. The van der Waals surface area contributed by atoms with Crippen LogP contribution in [-0.2, 0) is 6.54 Å². The van der Waals surface area contributed by atoms with Crippen LogP contribution in [0, 0.1) is 5.92 Å². The summed E-state index contributed by atoms with van der Waals surface area (Å²) in [6, 6.07) is 3.07. The lowest BCUT2D eigenvalue weighted by Crippen LogP contribution is -2.42. The Morgan fingerprint density at radius 1 is 1.34 bits per heavy atom. The highest BCUT2D eigenvalue weighted by atomic mass is 32.1. The molecule has 0 radical (unpaired) electrons. The van der Waals surface area contributed by atoms with Gasteiger partial charge in [0, 0.05) is 24.6 Å². The first-order chi connectivity index (χ1) is 13.9. The fourth-order valence-corrected chi connectivity index (χ4v) is 4.05. The number of H-pyrrole nitrogens is 1. The number of thiocarbonyl (C=S) groups is 1. The van der Waals surface area contributed by atoms with Gasteiger partial charge in [0.15, 0.2) is 5.82 Å². The van der Waals surface area contributed by atoms with Gasteiger partial charge in [-0.15, -0.1) is 0 Å². The third-order valence-corrected chi connectivity index (χ3v) is 5.55. The molecule has 2 aliphatic rings. The summed E-state index contributed by atoms with van der Waals surface area (Å²) in [5.74, 6) is -1.33. The number of hydrogen-bond donors (Lipinski definition) is 3. The summed E-state index contributed by atoms with van der Waals surface area (Å²) in [5, 5.41) is 8.43. The van der Waals surface area contributed by atoms with Crippen LogP contribution in [0.25, 0.3) is 0 Å². The summed E-state index contributed by atoms with van der Waals surface area (Å²) in [6.45, 7) is 0.590. The molecule has 2 aromatic rings. The molecule has 4 heterocycles. The van der Waals surface area contributed by atoms with Crippen molar-refractivity contribution < 1.29 is 18.0 Å². The van der Waals surface area contributed by atoms with Crippen LogP contribution in [-0.4, -0.2) is 33.6 Å². The summed E-state index contributed by atoms with van der Waals surface area (Å²) >= 11 is 4.93. The fraction of sp³-hybridized carbons (Fsp3) is 0.368. The molecule has 2 aliphatic heterocycles. The van der Waals surface area contributed by atoms with E-state index in [-0.39, 0.29) is 25.3 Å². The molecule has 2 aromatic heterocycles. The van der Waals surface area contributed by atoms with Gasteiger partial charge in [-0.05, 0) is 59.9 Å². The first-order valence-electron chi connectivity index (χ1n) is 9.12. The predicted molar refractivity (Wildman–Crippen MR) is 104 cm³/mol. The molecule has 0 unspecified atom stereocenters. The van der Waals surface area contributed by atoms with Gasteiger partial charge in [-0.25, -0.2) is 0 Å². The number of carbonyl (C=O) groups is 1. The number of carbonyl (C=O) groups excluding carboxylic acids is 1. The van der Waals surface area contributed by atoms with Gasteiger partial charge in [-0.1, -0.05) is 0 Å². The van der Waals surface area contributed by atoms with E-state index in [9.17, 15) is 18.0 Å². The normalized spacial score (nSPS) is 22.1. The van der Waals surface area contributed by atoms with Gasteiger partial charge in [0.25, 0.3) is 5.91 Å². The first-order valence-corrected chi connectivity index (χ1v) is 9.53. The lowest BCUT2D eigenvalue weighted by molar-refractivity contribution is -0.183. The molecular weight excluding hydrogens is 403 g/mol. The maximum atomic E-state index is 13.2. The van der Waals surface area contributed by atoms with Crippen LogP contribution in [0.5, 0.6) is 0 Å². The number of nitrogens with zero attached hydrogens (tertiary/aromatic N) is 2. The zero-order valence-corrected chi connectivity index (χ0v) is 16.0. The van der Waals surface area contributed by atoms with E-state index in [0.717, 1.165) is 5.56 Å². The molecule has 4 rings (SSSR count). The molecule has 0 aliphatic carbocycles. The highest BCUT2D eigenvalue weighted by Gasteiger charge is 2.42. The second-order valence-electron chi connectivity index (χ2n) is 7.07. The van der Waals surface area contributed by atoms with Crippen molar-refractivity contribution in [2.75, 3.05) is 11.4 Å². The lowest BCUT2D eigenvalue weighted by Gasteiger charge is -2.34. The zero-order valence-electron chi connectivity index (χ0n) is 15.2. The van der Waals surface area contributed by atoms with E-state index in [1.165, 1.54) is 0 Å². The molecule has 3 N–H and O–H groups in total. The molecule has 2 atom stereocenters. The molecular formula is C19H18F3N5OS. The number of aromatic nitrogens is 2. The number of piperidine rings is 1. The second kappa shape index (κ2) is 7.62. The highest BCUT2D eigenvalue weighted by molar-refractivity contribution is 7.78. The van der Waals surface area contributed by atoms with Crippen molar-refractivity contribution >= 4 is 28.8 Å². The first kappa shape index (κ1) is 19.6. The van der Waals surface area contributed by atoms with Crippen molar-refractivity contribution in [3.63, 3.8) is 0 Å². The molecule has 0 spiro atoms. The number of nitrogens with one attached hydrogen (secondary N) is 3. The Labute approximate surface area is 170 Å². The van der Waals surface area contributed by atoms with Crippen LogP contribution < -0.4 is 15.5 Å². The minimum Gasteiger partial charge on any atom is -0.355 e. The molecule has 29 heavy (non-hydrogen) atoms. The molecule has 0 bridgehead atoms. The summed E-state index contributed by atoms with van der Waals surface area (Å²) in [7, 11) is 0. The summed E-state index contributed by atoms with van der Waals surface area (Å²) in [6.07, 6.45) is 0.667. The van der Waals surface area contributed by atoms with Gasteiger partial charge in [-0.2, -0.15) is 13.2 Å². The number of amides is 1. The quantitative estimate of drug-likeness (QED) is 0.664. The number of aromatic amines is 1. The maximum Gasteiger partial charge on any atom is 0.391 e. The van der Waals surface area contributed by atoms with Crippen LogP contribution in [0.4, 0.5) is 18.9 Å². The van der Waals surface area contributed by atoms with Crippen molar-refractivity contribution in [1.82, 2.24) is 20.6 Å². The van der Waals surface area contributed by atoms with Crippen molar-refractivity contribution in [1.29, 1.82) is 0 Å². The van der Waals surface area contributed by atoms with Gasteiger partial charge >= 0.3 is 6.18 Å². The summed E-state index contributed by atoms with van der Waals surface area (Å²) < 4.78 is 39.7. The molecule has 0 saturated carbocycles. The van der Waals surface area contributed by atoms with E-state index in [1.54, 1.807) is 35.6 Å². The van der Waals surface area contributed by atoms with Gasteiger partial charge in [0.2, 0.25) is 0 Å². The van der Waals surface area contributed by atoms with Crippen LogP contribution in [0.2, 0.25) is 0 Å². The Balaban J connectivity index is 1.65. The number of halogens is 3. The number of alkyl halides is 3. The summed E-state index contributed by atoms with van der Waals surface area (Å²) in [5.41, 5.74) is 2.53. The van der Waals surface area contributed by atoms with Crippen LogP contribution in [0.15, 0.2) is 36.5 Å². The van der Waals surface area contributed by atoms with Crippen molar-refractivity contribution in [3.8, 4) is 0 Å². The fourth-order valence-electron chi connectivity index (χ4n) is 3.89. The van der Waals surface area contributed by atoms with E-state index in [2.05, 4.69) is 25.6 Å². The Morgan fingerprint density at radius 2 is 2.17 bits per heavy atom. The average molecular weight is 421 g/mol. The number of rotatable bonds is 3. The average Bonchev–Trinajstić information content (AvgIpc) is 3.20. The van der Waals surface area contributed by atoms with Crippen LogP contribution in [0.1, 0.15) is 40.5 Å². The largest absolute Gasteiger partial charge is 0.391 e. The lowest BCUT2D eigenvalue weighted by atomic mass is 9.87. The smallest absolute Gasteiger partial charge is 0.355 e. The van der Waals surface area contributed by atoms with Gasteiger partial charge in [0.1, 0.15) is 5.69 Å². The minimum atomic E-state index is -4.22. The van der Waals surface area contributed by atoms with E-state index in [0.29, 0.717) is 29.3 Å². The number of hydrogen-bond acceptors (Lipinski definition) is 5. The predicted octanol–water partition coefficient (Wildman–Crippen LogP) is 3.20. The standard InChI is InChI=1S/C19H18F3N5OS/c20-19(21,22)12-2-5-24-14(7-12)13-8-23-4-1-11(13)9-27-15-3-6-25-17(15)18(28)26-16(27)10-29/h1,3-4,6,8,12,14,24-25H,2,5,7,9H2,(H,26,28)/t12-,14+/m1/s1. The third kappa shape index (κ3) is 3.78. The Kier molecular flexibility index (Phi) is 5.16. The minimum absolute atomic E-state index is 0.0375. The number of anilines is 1. The van der Waals surface area contributed by atoms with E-state index in [1.807, 2.05) is 0 Å². The maximum absolute atomic E-state index is 13.2. The molecule has 1 saturated heterocycles. The molecule has 1 fully saturated rings. The van der Waals surface area contributed by atoms with E-state index >= 15 is 0 Å². The topological polar surface area (TPSA) is 73.1 Å². The monoisotopic (exact) mass is 421 g/mol. The third-order valence-electron chi connectivity index (χ3n) is 5.36. The Morgan fingerprint density at radius 3 is 2.93 bits per heavy atom. The van der Waals surface area contributed by atoms with Crippen molar-refractivity contribution in [2.45, 2.75) is 31.6 Å². The van der Waals surface area contributed by atoms with Crippen LogP contribution >= 0.6 is 12.2 Å². The molecule has 152 valence electrons. The number of fused-ring (bicyclic) bond motifs is 1. The zero-order chi connectivity index (χ0) is 20.6. The van der Waals surface area contributed by atoms with Gasteiger partial charge in [-0.3, -0.25) is 15.1 Å². The van der Waals surface area contributed by atoms with Gasteiger partial charge < -0.3 is 15.2 Å². The number of pyridine rings is 1. The van der Waals surface area contributed by atoms with Crippen molar-refractivity contribution in [2.24, 2.45) is 5.92 Å². The second-order valence-corrected chi connectivity index (χ2v) is 7.28.